The number of pyridine rings is 1. The molecule has 1 aromatic heterocycles. The van der Waals surface area contributed by atoms with E-state index in [1.165, 1.54) is 6.07 Å². The second kappa shape index (κ2) is 7.67. The number of rotatable bonds is 3. The molecule has 3 heterocycles. The monoisotopic (exact) mass is 347 g/mol. The highest BCUT2D eigenvalue weighted by Crippen LogP contribution is 2.33. The lowest BCUT2D eigenvalue weighted by Crippen LogP contribution is -2.49. The van der Waals surface area contributed by atoms with Gasteiger partial charge in [-0.05, 0) is 37.7 Å². The number of anilines is 1. The maximum Gasteiger partial charge on any atom is 0.315 e. The van der Waals surface area contributed by atoms with Gasteiger partial charge in [0.15, 0.2) is 0 Å². The number of aromatic nitrogens is 1. The molecule has 0 aliphatic carbocycles. The number of primary amides is 1. The molecule has 0 radical (unpaired) electrons. The SMILES string of the molecule is NC(=O)N1CCCCCC1C1CCN(c2ncccc2[N+](=O)[O-])CC1. The van der Waals surface area contributed by atoms with Gasteiger partial charge in [0.2, 0.25) is 5.82 Å². The highest BCUT2D eigenvalue weighted by Gasteiger charge is 2.34. The summed E-state index contributed by atoms with van der Waals surface area (Å²) >= 11 is 0. The lowest BCUT2D eigenvalue weighted by Gasteiger charge is -2.40. The van der Waals surface area contributed by atoms with Gasteiger partial charge in [0.25, 0.3) is 0 Å². The predicted octanol–water partition coefficient (Wildman–Crippen LogP) is 2.53. The molecule has 0 bridgehead atoms. The van der Waals surface area contributed by atoms with Crippen LogP contribution in [-0.4, -0.2) is 46.5 Å². The zero-order valence-corrected chi connectivity index (χ0v) is 14.3. The van der Waals surface area contributed by atoms with E-state index in [1.54, 1.807) is 12.3 Å². The smallest absolute Gasteiger partial charge is 0.315 e. The number of nitrogens with two attached hydrogens (primary N) is 1. The van der Waals surface area contributed by atoms with E-state index in [9.17, 15) is 14.9 Å². The Balaban J connectivity index is 1.69. The molecule has 0 aromatic carbocycles. The van der Waals surface area contributed by atoms with Crippen LogP contribution in [0.4, 0.5) is 16.3 Å². The maximum atomic E-state index is 11.8. The molecule has 2 aliphatic rings. The van der Waals surface area contributed by atoms with Crippen LogP contribution in [0.1, 0.15) is 38.5 Å². The van der Waals surface area contributed by atoms with Crippen molar-refractivity contribution in [2.75, 3.05) is 24.5 Å². The fraction of sp³-hybridized carbons (Fsp3) is 0.647. The number of nitrogens with zero attached hydrogens (tertiary/aromatic N) is 4. The lowest BCUT2D eigenvalue weighted by molar-refractivity contribution is -0.384. The summed E-state index contributed by atoms with van der Waals surface area (Å²) in [6.45, 7) is 2.17. The molecule has 8 nitrogen and oxygen atoms in total. The summed E-state index contributed by atoms with van der Waals surface area (Å²) in [6.07, 6.45) is 7.65. The van der Waals surface area contributed by atoms with Crippen LogP contribution in [-0.2, 0) is 0 Å². The first-order valence-electron chi connectivity index (χ1n) is 8.98. The van der Waals surface area contributed by atoms with Crippen molar-refractivity contribution in [3.05, 3.63) is 28.4 Å². The van der Waals surface area contributed by atoms with E-state index in [-0.39, 0.29) is 22.7 Å². The molecule has 3 rings (SSSR count). The largest absolute Gasteiger partial charge is 0.351 e. The number of hydrogen-bond acceptors (Lipinski definition) is 5. The van der Waals surface area contributed by atoms with E-state index < -0.39 is 0 Å². The van der Waals surface area contributed by atoms with Gasteiger partial charge < -0.3 is 15.5 Å². The zero-order chi connectivity index (χ0) is 17.8. The van der Waals surface area contributed by atoms with Gasteiger partial charge in [-0.25, -0.2) is 9.78 Å². The van der Waals surface area contributed by atoms with Crippen molar-refractivity contribution in [1.82, 2.24) is 9.88 Å². The number of piperidine rings is 1. The van der Waals surface area contributed by atoms with Gasteiger partial charge in [0, 0.05) is 37.9 Å². The molecule has 136 valence electrons. The first kappa shape index (κ1) is 17.4. The molecular weight excluding hydrogens is 322 g/mol. The van der Waals surface area contributed by atoms with Crippen molar-refractivity contribution in [2.45, 2.75) is 44.6 Å². The first-order chi connectivity index (χ1) is 12.1. The van der Waals surface area contributed by atoms with Crippen LogP contribution in [0, 0.1) is 16.0 Å². The number of amides is 2. The van der Waals surface area contributed by atoms with E-state index in [0.29, 0.717) is 24.8 Å². The highest BCUT2D eigenvalue weighted by molar-refractivity contribution is 5.72. The Morgan fingerprint density at radius 3 is 2.64 bits per heavy atom. The van der Waals surface area contributed by atoms with Crippen LogP contribution in [0.25, 0.3) is 0 Å². The summed E-state index contributed by atoms with van der Waals surface area (Å²) in [6, 6.07) is 2.95. The van der Waals surface area contributed by atoms with Gasteiger partial charge in [0.05, 0.1) is 4.92 Å². The molecule has 2 aliphatic heterocycles. The summed E-state index contributed by atoms with van der Waals surface area (Å²) in [5.41, 5.74) is 5.65. The van der Waals surface area contributed by atoms with Crippen LogP contribution in [0.3, 0.4) is 0 Å². The van der Waals surface area contributed by atoms with Gasteiger partial charge in [-0.3, -0.25) is 10.1 Å². The Hall–Kier alpha value is -2.38. The number of carbonyl (C=O) groups is 1. The number of urea groups is 1. The van der Waals surface area contributed by atoms with E-state index in [2.05, 4.69) is 4.98 Å². The van der Waals surface area contributed by atoms with Crippen LogP contribution in [0.5, 0.6) is 0 Å². The quantitative estimate of drug-likeness (QED) is 0.668. The molecule has 2 amide bonds. The van der Waals surface area contributed by atoms with Gasteiger partial charge in [-0.2, -0.15) is 0 Å². The molecule has 0 saturated carbocycles. The standard InChI is InChI=1S/C17H25N5O3/c18-17(23)21-10-3-1-2-5-14(21)13-7-11-20(12-8-13)16-15(22(24)25)6-4-9-19-16/h4,6,9,13-14H,1-3,5,7-8,10-12H2,(H2,18,23). The molecule has 25 heavy (non-hydrogen) atoms. The summed E-state index contributed by atoms with van der Waals surface area (Å²) in [5.74, 6) is 0.836. The van der Waals surface area contributed by atoms with E-state index in [1.807, 2.05) is 9.80 Å². The number of hydrogen-bond donors (Lipinski definition) is 1. The van der Waals surface area contributed by atoms with Crippen LogP contribution >= 0.6 is 0 Å². The van der Waals surface area contributed by atoms with Crippen molar-refractivity contribution < 1.29 is 9.72 Å². The fourth-order valence-corrected chi connectivity index (χ4v) is 4.17. The minimum atomic E-state index is -0.380. The van der Waals surface area contributed by atoms with E-state index >= 15 is 0 Å². The summed E-state index contributed by atoms with van der Waals surface area (Å²) < 4.78 is 0. The Labute approximate surface area is 147 Å². The van der Waals surface area contributed by atoms with Crippen LogP contribution < -0.4 is 10.6 Å². The second-order valence-corrected chi connectivity index (χ2v) is 6.88. The van der Waals surface area contributed by atoms with Gasteiger partial charge in [0.1, 0.15) is 0 Å². The fourth-order valence-electron chi connectivity index (χ4n) is 4.17. The molecule has 1 aromatic rings. The van der Waals surface area contributed by atoms with Crippen molar-refractivity contribution in [2.24, 2.45) is 11.7 Å². The molecule has 2 N–H and O–H groups in total. The number of likely N-dealkylation sites (tertiary alicyclic amines) is 1. The lowest BCUT2D eigenvalue weighted by atomic mass is 9.86. The molecular formula is C17H25N5O3. The molecule has 2 fully saturated rings. The molecule has 8 heteroatoms. The maximum absolute atomic E-state index is 11.8. The first-order valence-corrected chi connectivity index (χ1v) is 8.98. The number of nitro groups is 1. The molecule has 1 unspecified atom stereocenters. The summed E-state index contributed by atoms with van der Waals surface area (Å²) in [5, 5.41) is 11.2. The third-order valence-electron chi connectivity index (χ3n) is 5.43. The van der Waals surface area contributed by atoms with Gasteiger partial charge in [-0.1, -0.05) is 12.8 Å². The van der Waals surface area contributed by atoms with Gasteiger partial charge in [-0.15, -0.1) is 0 Å². The van der Waals surface area contributed by atoms with Crippen LogP contribution in [0.2, 0.25) is 0 Å². The van der Waals surface area contributed by atoms with Crippen LogP contribution in [0.15, 0.2) is 18.3 Å². The van der Waals surface area contributed by atoms with Crippen molar-refractivity contribution in [1.29, 1.82) is 0 Å². The minimum Gasteiger partial charge on any atom is -0.351 e. The Bertz CT molecular complexity index is 630. The van der Waals surface area contributed by atoms with Crippen molar-refractivity contribution in [3.63, 3.8) is 0 Å². The molecule has 1 atom stereocenters. The Kier molecular flexibility index (Phi) is 5.35. The Morgan fingerprint density at radius 2 is 1.96 bits per heavy atom. The average Bonchev–Trinajstić information content (AvgIpc) is 2.88. The predicted molar refractivity (Wildman–Crippen MR) is 94.4 cm³/mol. The van der Waals surface area contributed by atoms with E-state index in [4.69, 9.17) is 5.73 Å². The zero-order valence-electron chi connectivity index (χ0n) is 14.3. The molecule has 2 saturated heterocycles. The normalized spacial score (nSPS) is 22.5. The summed E-state index contributed by atoms with van der Waals surface area (Å²) in [4.78, 5) is 30.7. The Morgan fingerprint density at radius 1 is 1.20 bits per heavy atom. The topological polar surface area (TPSA) is 106 Å². The second-order valence-electron chi connectivity index (χ2n) is 6.88. The van der Waals surface area contributed by atoms with Gasteiger partial charge >= 0.3 is 11.7 Å². The number of carbonyl (C=O) groups excluding carboxylic acids is 1. The third-order valence-corrected chi connectivity index (χ3v) is 5.43. The van der Waals surface area contributed by atoms with Crippen molar-refractivity contribution in [3.8, 4) is 0 Å². The summed E-state index contributed by atoms with van der Waals surface area (Å²) in [7, 11) is 0. The minimum absolute atomic E-state index is 0.0502. The van der Waals surface area contributed by atoms with E-state index in [0.717, 1.165) is 45.1 Å². The average molecular weight is 347 g/mol. The highest BCUT2D eigenvalue weighted by atomic mass is 16.6. The third kappa shape index (κ3) is 3.83. The molecule has 0 spiro atoms. The van der Waals surface area contributed by atoms with Crippen molar-refractivity contribution >= 4 is 17.5 Å².